The highest BCUT2D eigenvalue weighted by molar-refractivity contribution is 5.13. The molecule has 2 rings (SSSR count). The molecule has 11 heavy (non-hydrogen) atoms. The van der Waals surface area contributed by atoms with Gasteiger partial charge in [-0.05, 0) is 30.1 Å². The Bertz CT molecular complexity index is 156. The van der Waals surface area contributed by atoms with Crippen LogP contribution in [-0.2, 0) is 0 Å². The molecule has 4 unspecified atom stereocenters. The number of rotatable bonds is 2. The van der Waals surface area contributed by atoms with Gasteiger partial charge in [0.25, 0.3) is 0 Å². The van der Waals surface area contributed by atoms with Gasteiger partial charge in [-0.3, -0.25) is 0 Å². The van der Waals surface area contributed by atoms with Crippen LogP contribution in [0.5, 0.6) is 0 Å². The molecule has 0 saturated heterocycles. The molecule has 2 aliphatic rings. The molecule has 2 aliphatic carbocycles. The molecule has 0 aromatic rings. The van der Waals surface area contributed by atoms with E-state index in [1.807, 2.05) is 0 Å². The maximum atomic E-state index is 9.16. The van der Waals surface area contributed by atoms with Gasteiger partial charge in [0.15, 0.2) is 0 Å². The van der Waals surface area contributed by atoms with Gasteiger partial charge in [-0.15, -0.1) is 0 Å². The summed E-state index contributed by atoms with van der Waals surface area (Å²) < 4.78 is 0. The Labute approximate surface area is 68.1 Å². The van der Waals surface area contributed by atoms with Crippen LogP contribution in [0.1, 0.15) is 19.8 Å². The predicted molar refractivity (Wildman–Crippen MR) is 45.1 cm³/mol. The first-order valence-corrected chi connectivity index (χ1v) is 4.66. The third kappa shape index (κ3) is 0.943. The zero-order chi connectivity index (χ0) is 7.84. The Morgan fingerprint density at radius 1 is 1.27 bits per heavy atom. The van der Waals surface area contributed by atoms with Gasteiger partial charge < -0.3 is 5.11 Å². The van der Waals surface area contributed by atoms with Gasteiger partial charge >= 0.3 is 0 Å². The molecule has 1 saturated carbocycles. The van der Waals surface area contributed by atoms with Gasteiger partial charge in [-0.2, -0.15) is 0 Å². The third-order valence-corrected chi connectivity index (χ3v) is 3.48. The molecule has 62 valence electrons. The highest BCUT2D eigenvalue weighted by Crippen LogP contribution is 2.48. The normalized spacial score (nSPS) is 47.1. The average molecular weight is 152 g/mol. The van der Waals surface area contributed by atoms with Crippen molar-refractivity contribution in [2.75, 3.05) is 6.61 Å². The molecule has 0 spiro atoms. The number of allylic oxidation sites excluding steroid dienone is 2. The molecular weight excluding hydrogens is 136 g/mol. The lowest BCUT2D eigenvalue weighted by atomic mass is 9.82. The standard InChI is InChI=1S/C10H16O/c1-2-9-7-3-4-8(5-7)10(9)6-11/h3-4,7-11H,2,5-6H2,1H3. The summed E-state index contributed by atoms with van der Waals surface area (Å²) in [4.78, 5) is 0. The number of hydrogen-bond acceptors (Lipinski definition) is 1. The van der Waals surface area contributed by atoms with Crippen LogP contribution in [0.25, 0.3) is 0 Å². The van der Waals surface area contributed by atoms with Gasteiger partial charge in [0.05, 0.1) is 0 Å². The average Bonchev–Trinajstić information content (AvgIpc) is 2.60. The third-order valence-electron chi connectivity index (χ3n) is 3.48. The van der Waals surface area contributed by atoms with Crippen molar-refractivity contribution in [3.63, 3.8) is 0 Å². The van der Waals surface area contributed by atoms with E-state index in [4.69, 9.17) is 5.11 Å². The molecule has 1 heteroatoms. The van der Waals surface area contributed by atoms with Crippen molar-refractivity contribution in [1.82, 2.24) is 0 Å². The van der Waals surface area contributed by atoms with Crippen LogP contribution in [0.2, 0.25) is 0 Å². The summed E-state index contributed by atoms with van der Waals surface area (Å²) in [5.41, 5.74) is 0. The molecule has 0 radical (unpaired) electrons. The maximum Gasteiger partial charge on any atom is 0.0467 e. The monoisotopic (exact) mass is 152 g/mol. The van der Waals surface area contributed by atoms with Crippen LogP contribution in [0.15, 0.2) is 12.2 Å². The fourth-order valence-corrected chi connectivity index (χ4v) is 2.90. The smallest absolute Gasteiger partial charge is 0.0467 e. The Morgan fingerprint density at radius 3 is 2.36 bits per heavy atom. The van der Waals surface area contributed by atoms with Crippen molar-refractivity contribution in [3.05, 3.63) is 12.2 Å². The van der Waals surface area contributed by atoms with E-state index in [1.54, 1.807) is 0 Å². The van der Waals surface area contributed by atoms with Crippen LogP contribution in [-0.4, -0.2) is 11.7 Å². The fraction of sp³-hybridized carbons (Fsp3) is 0.800. The topological polar surface area (TPSA) is 20.2 Å². The highest BCUT2D eigenvalue weighted by Gasteiger charge is 2.42. The lowest BCUT2D eigenvalue weighted by molar-refractivity contribution is 0.161. The second-order valence-electron chi connectivity index (χ2n) is 3.87. The first kappa shape index (κ1) is 7.35. The van der Waals surface area contributed by atoms with E-state index in [0.717, 1.165) is 11.8 Å². The van der Waals surface area contributed by atoms with Crippen LogP contribution in [0, 0.1) is 23.7 Å². The summed E-state index contributed by atoms with van der Waals surface area (Å²) >= 11 is 0. The second-order valence-corrected chi connectivity index (χ2v) is 3.87. The summed E-state index contributed by atoms with van der Waals surface area (Å²) in [6.45, 7) is 2.63. The molecule has 0 aromatic carbocycles. The molecule has 0 aliphatic heterocycles. The Balaban J connectivity index is 2.15. The van der Waals surface area contributed by atoms with Gasteiger partial charge in [0.2, 0.25) is 0 Å². The van der Waals surface area contributed by atoms with E-state index in [2.05, 4.69) is 19.1 Å². The minimum absolute atomic E-state index is 0.393. The van der Waals surface area contributed by atoms with E-state index in [1.165, 1.54) is 12.8 Å². The highest BCUT2D eigenvalue weighted by atomic mass is 16.3. The quantitative estimate of drug-likeness (QED) is 0.598. The fourth-order valence-electron chi connectivity index (χ4n) is 2.90. The second kappa shape index (κ2) is 2.63. The van der Waals surface area contributed by atoms with Gasteiger partial charge in [-0.25, -0.2) is 0 Å². The van der Waals surface area contributed by atoms with Gasteiger partial charge in [0.1, 0.15) is 0 Å². The molecule has 0 amide bonds. The minimum atomic E-state index is 0.393. The molecule has 4 atom stereocenters. The van der Waals surface area contributed by atoms with Crippen LogP contribution in [0.3, 0.4) is 0 Å². The van der Waals surface area contributed by atoms with Gasteiger partial charge in [0, 0.05) is 6.61 Å². The summed E-state index contributed by atoms with van der Waals surface area (Å²) in [7, 11) is 0. The van der Waals surface area contributed by atoms with Crippen LogP contribution < -0.4 is 0 Å². The van der Waals surface area contributed by atoms with E-state index >= 15 is 0 Å². The molecule has 1 N–H and O–H groups in total. The zero-order valence-electron chi connectivity index (χ0n) is 7.03. The molecule has 0 aromatic heterocycles. The van der Waals surface area contributed by atoms with Crippen molar-refractivity contribution in [1.29, 1.82) is 0 Å². The summed E-state index contributed by atoms with van der Waals surface area (Å²) in [5, 5.41) is 9.16. The minimum Gasteiger partial charge on any atom is -0.396 e. The van der Waals surface area contributed by atoms with Crippen LogP contribution in [0.4, 0.5) is 0 Å². The summed E-state index contributed by atoms with van der Waals surface area (Å²) in [6.07, 6.45) is 7.20. The Kier molecular flexibility index (Phi) is 1.76. The number of aliphatic hydroxyl groups is 1. The number of hydrogen-bond donors (Lipinski definition) is 1. The zero-order valence-corrected chi connectivity index (χ0v) is 7.03. The van der Waals surface area contributed by atoms with E-state index in [-0.39, 0.29) is 0 Å². The molecule has 0 heterocycles. The number of aliphatic hydroxyl groups excluding tert-OH is 1. The summed E-state index contributed by atoms with van der Waals surface area (Å²) in [6, 6.07) is 0. The van der Waals surface area contributed by atoms with Crippen molar-refractivity contribution in [3.8, 4) is 0 Å². The largest absolute Gasteiger partial charge is 0.396 e. The first-order valence-electron chi connectivity index (χ1n) is 4.66. The molecule has 1 nitrogen and oxygen atoms in total. The maximum absolute atomic E-state index is 9.16. The molecular formula is C10H16O. The Morgan fingerprint density at radius 2 is 1.91 bits per heavy atom. The van der Waals surface area contributed by atoms with Crippen molar-refractivity contribution in [2.24, 2.45) is 23.7 Å². The predicted octanol–water partition coefficient (Wildman–Crippen LogP) is 1.83. The van der Waals surface area contributed by atoms with E-state index < -0.39 is 0 Å². The number of fused-ring (bicyclic) bond motifs is 2. The lowest BCUT2D eigenvalue weighted by Gasteiger charge is -2.24. The summed E-state index contributed by atoms with van der Waals surface area (Å²) in [5.74, 6) is 2.85. The molecule has 2 bridgehead atoms. The van der Waals surface area contributed by atoms with Crippen LogP contribution >= 0.6 is 0 Å². The Hall–Kier alpha value is -0.300. The van der Waals surface area contributed by atoms with Crippen molar-refractivity contribution in [2.45, 2.75) is 19.8 Å². The van der Waals surface area contributed by atoms with Crippen molar-refractivity contribution >= 4 is 0 Å². The lowest BCUT2D eigenvalue weighted by Crippen LogP contribution is -2.21. The SMILES string of the molecule is CCC1C2C=CC(C2)C1CO. The first-order chi connectivity index (χ1) is 5.36. The molecule has 1 fully saturated rings. The van der Waals surface area contributed by atoms with E-state index in [9.17, 15) is 0 Å². The van der Waals surface area contributed by atoms with E-state index in [0.29, 0.717) is 18.4 Å². The van der Waals surface area contributed by atoms with Crippen molar-refractivity contribution < 1.29 is 5.11 Å². The van der Waals surface area contributed by atoms with Gasteiger partial charge in [-0.1, -0.05) is 25.5 Å².